The molecule has 1 unspecified atom stereocenters. The van der Waals surface area contributed by atoms with Crippen LogP contribution >= 0.6 is 11.3 Å². The van der Waals surface area contributed by atoms with Crippen LogP contribution < -0.4 is 5.73 Å². The van der Waals surface area contributed by atoms with E-state index < -0.39 is 0 Å². The molecule has 0 aliphatic carbocycles. The number of ether oxygens (including phenoxy) is 1. The normalized spacial score (nSPS) is 20.1. The third-order valence-corrected chi connectivity index (χ3v) is 4.19. The lowest BCUT2D eigenvalue weighted by Gasteiger charge is -2.23. The zero-order chi connectivity index (χ0) is 13.0. The number of allylic oxidation sites excluding steroid dienone is 5. The van der Waals surface area contributed by atoms with Gasteiger partial charge in [-0.2, -0.15) is 0 Å². The van der Waals surface area contributed by atoms with Gasteiger partial charge in [-0.15, -0.1) is 11.3 Å². The maximum atomic E-state index is 5.81. The molecule has 1 aromatic rings. The summed E-state index contributed by atoms with van der Waals surface area (Å²) in [5, 5.41) is 2.21. The highest BCUT2D eigenvalue weighted by atomic mass is 32.1. The van der Waals surface area contributed by atoms with E-state index in [0.29, 0.717) is 6.54 Å². The van der Waals surface area contributed by atoms with Gasteiger partial charge in [0.1, 0.15) is 0 Å². The minimum atomic E-state index is 0.0436. The van der Waals surface area contributed by atoms with Crippen molar-refractivity contribution in [3.8, 4) is 0 Å². The molecule has 0 radical (unpaired) electrons. The van der Waals surface area contributed by atoms with Crippen molar-refractivity contribution in [2.75, 3.05) is 13.2 Å². The predicted octanol–water partition coefficient (Wildman–Crippen LogP) is 3.47. The average molecular weight is 261 g/mol. The van der Waals surface area contributed by atoms with Crippen molar-refractivity contribution in [2.45, 2.75) is 19.4 Å². The van der Waals surface area contributed by atoms with Gasteiger partial charge in [0.2, 0.25) is 0 Å². The molecule has 0 saturated heterocycles. The summed E-state index contributed by atoms with van der Waals surface area (Å²) >= 11 is 1.81. The Bertz CT molecular complexity index is 485. The molecule has 96 valence electrons. The fourth-order valence-corrected chi connectivity index (χ4v) is 3.35. The van der Waals surface area contributed by atoms with Crippen LogP contribution in [-0.4, -0.2) is 13.2 Å². The van der Waals surface area contributed by atoms with Crippen molar-refractivity contribution in [2.24, 2.45) is 5.73 Å². The summed E-state index contributed by atoms with van der Waals surface area (Å²) in [5.74, 6) is 0. The molecule has 2 N–H and O–H groups in total. The highest BCUT2D eigenvalue weighted by molar-refractivity contribution is 7.10. The molecular formula is C15H19NOS. The molecule has 0 fully saturated rings. The van der Waals surface area contributed by atoms with Gasteiger partial charge in [0.05, 0.1) is 12.7 Å². The Morgan fingerprint density at radius 3 is 3.17 bits per heavy atom. The van der Waals surface area contributed by atoms with E-state index >= 15 is 0 Å². The summed E-state index contributed by atoms with van der Waals surface area (Å²) in [6.45, 7) is 7.08. The van der Waals surface area contributed by atoms with Crippen molar-refractivity contribution < 1.29 is 4.74 Å². The summed E-state index contributed by atoms with van der Waals surface area (Å²) in [5.41, 5.74) is 9.56. The van der Waals surface area contributed by atoms with Crippen LogP contribution in [0.5, 0.6) is 0 Å². The molecule has 0 spiro atoms. The number of hydrogen-bond acceptors (Lipinski definition) is 3. The van der Waals surface area contributed by atoms with Crippen LogP contribution in [0.15, 0.2) is 36.3 Å². The summed E-state index contributed by atoms with van der Waals surface area (Å²) in [6.07, 6.45) is 8.99. The topological polar surface area (TPSA) is 35.2 Å². The number of fused-ring (bicyclic) bond motifs is 1. The van der Waals surface area contributed by atoms with Crippen LogP contribution in [0.4, 0.5) is 0 Å². The van der Waals surface area contributed by atoms with Gasteiger partial charge < -0.3 is 10.5 Å². The second kappa shape index (κ2) is 6.14. The molecular weight excluding hydrogens is 242 g/mol. The largest absolute Gasteiger partial charge is 0.372 e. The van der Waals surface area contributed by atoms with Crippen molar-refractivity contribution in [1.82, 2.24) is 0 Å². The second-order valence-corrected chi connectivity index (χ2v) is 5.13. The summed E-state index contributed by atoms with van der Waals surface area (Å²) < 4.78 is 5.76. The minimum absolute atomic E-state index is 0.0436. The van der Waals surface area contributed by atoms with Gasteiger partial charge in [-0.25, -0.2) is 0 Å². The number of thiophene rings is 1. The van der Waals surface area contributed by atoms with Gasteiger partial charge in [0.25, 0.3) is 0 Å². The first kappa shape index (κ1) is 13.3. The van der Waals surface area contributed by atoms with Crippen molar-refractivity contribution >= 4 is 16.9 Å². The Morgan fingerprint density at radius 1 is 1.67 bits per heavy atom. The maximum absolute atomic E-state index is 5.81. The Balaban J connectivity index is 2.43. The average Bonchev–Trinajstić information content (AvgIpc) is 2.84. The van der Waals surface area contributed by atoms with E-state index in [1.165, 1.54) is 21.6 Å². The van der Waals surface area contributed by atoms with Crippen LogP contribution in [0.25, 0.3) is 5.57 Å². The van der Waals surface area contributed by atoms with E-state index in [4.69, 9.17) is 10.5 Å². The number of hydrogen-bond donors (Lipinski definition) is 1. The molecule has 1 atom stereocenters. The fourth-order valence-electron chi connectivity index (χ4n) is 2.25. The van der Waals surface area contributed by atoms with Gasteiger partial charge >= 0.3 is 0 Å². The molecule has 3 heteroatoms. The first-order chi connectivity index (χ1) is 8.81. The van der Waals surface area contributed by atoms with Crippen LogP contribution in [0, 0.1) is 0 Å². The van der Waals surface area contributed by atoms with Crippen molar-refractivity contribution in [3.05, 3.63) is 52.3 Å². The first-order valence-corrected chi connectivity index (χ1v) is 7.07. The predicted molar refractivity (Wildman–Crippen MR) is 78.8 cm³/mol. The smallest absolute Gasteiger partial charge is 0.0963 e. The van der Waals surface area contributed by atoms with E-state index in [1.54, 1.807) is 6.08 Å². The van der Waals surface area contributed by atoms with Crippen LogP contribution in [0.1, 0.15) is 29.0 Å². The van der Waals surface area contributed by atoms with Crippen molar-refractivity contribution in [3.63, 3.8) is 0 Å². The van der Waals surface area contributed by atoms with Gasteiger partial charge in [-0.3, -0.25) is 0 Å². The summed E-state index contributed by atoms with van der Waals surface area (Å²) in [6, 6.07) is 0. The fraction of sp³-hybridized carbons (Fsp3) is 0.333. The van der Waals surface area contributed by atoms with Gasteiger partial charge in [-0.1, -0.05) is 30.9 Å². The molecule has 1 aliphatic heterocycles. The Hall–Kier alpha value is -1.16. The zero-order valence-electron chi connectivity index (χ0n) is 10.7. The Labute approximate surface area is 112 Å². The SMILES string of the molecule is C=C/C=C\C(=C/C)c1csc2c1C(CN)OCC2. The lowest BCUT2D eigenvalue weighted by atomic mass is 9.96. The second-order valence-electron chi connectivity index (χ2n) is 4.17. The van der Waals surface area contributed by atoms with E-state index in [-0.39, 0.29) is 6.10 Å². The third kappa shape index (κ3) is 2.48. The minimum Gasteiger partial charge on any atom is -0.372 e. The number of nitrogens with two attached hydrogens (primary N) is 1. The van der Waals surface area contributed by atoms with Crippen LogP contribution in [0.3, 0.4) is 0 Å². The van der Waals surface area contributed by atoms with E-state index in [0.717, 1.165) is 13.0 Å². The van der Waals surface area contributed by atoms with Gasteiger partial charge in [-0.05, 0) is 23.4 Å². The highest BCUT2D eigenvalue weighted by Gasteiger charge is 2.25. The molecule has 0 aromatic carbocycles. The molecule has 2 rings (SSSR count). The summed E-state index contributed by atoms with van der Waals surface area (Å²) in [7, 11) is 0. The van der Waals surface area contributed by atoms with Gasteiger partial charge in [0.15, 0.2) is 0 Å². The lowest BCUT2D eigenvalue weighted by Crippen LogP contribution is -2.22. The van der Waals surface area contributed by atoms with Crippen LogP contribution in [-0.2, 0) is 11.2 Å². The quantitative estimate of drug-likeness (QED) is 0.842. The van der Waals surface area contributed by atoms with E-state index in [1.807, 2.05) is 24.3 Å². The Kier molecular flexibility index (Phi) is 4.53. The molecule has 2 nitrogen and oxygen atoms in total. The molecule has 0 bridgehead atoms. The van der Waals surface area contributed by atoms with Gasteiger partial charge in [0, 0.05) is 23.4 Å². The van der Waals surface area contributed by atoms with Crippen LogP contribution in [0.2, 0.25) is 0 Å². The van der Waals surface area contributed by atoms with Crippen molar-refractivity contribution in [1.29, 1.82) is 0 Å². The third-order valence-electron chi connectivity index (χ3n) is 3.13. The molecule has 0 saturated carbocycles. The summed E-state index contributed by atoms with van der Waals surface area (Å²) in [4.78, 5) is 1.41. The maximum Gasteiger partial charge on any atom is 0.0963 e. The monoisotopic (exact) mass is 261 g/mol. The molecule has 2 heterocycles. The Morgan fingerprint density at radius 2 is 2.50 bits per heavy atom. The standard InChI is InChI=1S/C15H19NOS/c1-3-5-6-11(4-2)12-10-18-14-7-8-17-13(9-16)15(12)14/h3-6,10,13H,1,7-9,16H2,2H3/b6-5-,11-4+. The molecule has 1 aliphatic rings. The lowest BCUT2D eigenvalue weighted by molar-refractivity contribution is 0.0496. The molecule has 0 amide bonds. The zero-order valence-corrected chi connectivity index (χ0v) is 11.5. The highest BCUT2D eigenvalue weighted by Crippen LogP contribution is 2.38. The molecule has 1 aromatic heterocycles. The number of rotatable bonds is 4. The van der Waals surface area contributed by atoms with E-state index in [2.05, 4.69) is 24.1 Å². The molecule has 18 heavy (non-hydrogen) atoms. The first-order valence-electron chi connectivity index (χ1n) is 6.19. The van der Waals surface area contributed by atoms with E-state index in [9.17, 15) is 0 Å².